The number of rotatable bonds is 1. The van der Waals surface area contributed by atoms with Gasteiger partial charge in [0.05, 0.1) is 0 Å². The summed E-state index contributed by atoms with van der Waals surface area (Å²) in [7, 11) is 0. The molecule has 0 saturated heterocycles. The highest BCUT2D eigenvalue weighted by atomic mass is 19.1. The molecule has 1 aliphatic rings. The second kappa shape index (κ2) is 3.72. The third-order valence-corrected chi connectivity index (χ3v) is 3.00. The minimum absolute atomic E-state index is 0.184. The van der Waals surface area contributed by atoms with Crippen LogP contribution in [0.2, 0.25) is 0 Å². The van der Waals surface area contributed by atoms with Gasteiger partial charge in [0.25, 0.3) is 0 Å². The molecule has 0 spiro atoms. The van der Waals surface area contributed by atoms with Crippen LogP contribution in [0.1, 0.15) is 11.1 Å². The van der Waals surface area contributed by atoms with Gasteiger partial charge in [-0.2, -0.15) is 0 Å². The Hall–Kier alpha value is -1.67. The Morgan fingerprint density at radius 2 is 1.69 bits per heavy atom. The molecule has 0 radical (unpaired) electrons. The summed E-state index contributed by atoms with van der Waals surface area (Å²) in [5, 5.41) is 3.30. The summed E-state index contributed by atoms with van der Waals surface area (Å²) in [6.07, 6.45) is 0. The molecule has 3 rings (SSSR count). The predicted octanol–water partition coefficient (Wildman–Crippen LogP) is 3.10. The maximum Gasteiger partial charge on any atom is 0.123 e. The Labute approximate surface area is 93.9 Å². The average molecular weight is 213 g/mol. The van der Waals surface area contributed by atoms with E-state index in [0.717, 1.165) is 24.2 Å². The standard InChI is InChI=1S/C14H12FN/c15-14-3-1-2-10(7-14)11-4-5-12-8-16-9-13(12)6-11/h1-7,16H,8-9H2. The number of halogens is 1. The minimum atomic E-state index is -0.184. The van der Waals surface area contributed by atoms with E-state index in [1.165, 1.54) is 17.2 Å². The van der Waals surface area contributed by atoms with Crippen LogP contribution in [0.3, 0.4) is 0 Å². The van der Waals surface area contributed by atoms with Gasteiger partial charge in [-0.25, -0.2) is 4.39 Å². The first-order valence-electron chi connectivity index (χ1n) is 5.41. The van der Waals surface area contributed by atoms with Crippen LogP contribution >= 0.6 is 0 Å². The predicted molar refractivity (Wildman–Crippen MR) is 62.4 cm³/mol. The largest absolute Gasteiger partial charge is 0.309 e. The van der Waals surface area contributed by atoms with Gasteiger partial charge in [-0.05, 0) is 40.5 Å². The van der Waals surface area contributed by atoms with Crippen molar-refractivity contribution in [2.75, 3.05) is 0 Å². The van der Waals surface area contributed by atoms with Gasteiger partial charge < -0.3 is 5.32 Å². The van der Waals surface area contributed by atoms with Crippen molar-refractivity contribution >= 4 is 0 Å². The van der Waals surface area contributed by atoms with Crippen LogP contribution in [0.15, 0.2) is 42.5 Å². The lowest BCUT2D eigenvalue weighted by Crippen LogP contribution is -1.99. The van der Waals surface area contributed by atoms with E-state index >= 15 is 0 Å². The molecule has 1 nitrogen and oxygen atoms in total. The molecule has 2 aromatic carbocycles. The minimum Gasteiger partial charge on any atom is -0.309 e. The molecule has 0 aromatic heterocycles. The molecule has 16 heavy (non-hydrogen) atoms. The highest BCUT2D eigenvalue weighted by molar-refractivity contribution is 5.65. The second-order valence-corrected chi connectivity index (χ2v) is 4.10. The van der Waals surface area contributed by atoms with E-state index in [2.05, 4.69) is 23.5 Å². The number of hydrogen-bond donors (Lipinski definition) is 1. The SMILES string of the molecule is Fc1cccc(-c2ccc3c(c2)CNC3)c1. The molecule has 1 heterocycles. The van der Waals surface area contributed by atoms with Crippen LogP contribution in [0.25, 0.3) is 11.1 Å². The monoisotopic (exact) mass is 213 g/mol. The van der Waals surface area contributed by atoms with Crippen molar-refractivity contribution in [3.05, 3.63) is 59.4 Å². The molecular weight excluding hydrogens is 201 g/mol. The summed E-state index contributed by atoms with van der Waals surface area (Å²) >= 11 is 0. The lowest BCUT2D eigenvalue weighted by atomic mass is 10.0. The summed E-state index contributed by atoms with van der Waals surface area (Å²) in [5.74, 6) is -0.184. The molecule has 0 aliphatic carbocycles. The van der Waals surface area contributed by atoms with Gasteiger partial charge >= 0.3 is 0 Å². The Morgan fingerprint density at radius 3 is 2.56 bits per heavy atom. The lowest BCUT2D eigenvalue weighted by Gasteiger charge is -2.04. The quantitative estimate of drug-likeness (QED) is 0.767. The molecule has 1 aliphatic heterocycles. The molecule has 0 atom stereocenters. The van der Waals surface area contributed by atoms with E-state index in [4.69, 9.17) is 0 Å². The van der Waals surface area contributed by atoms with E-state index in [9.17, 15) is 4.39 Å². The van der Waals surface area contributed by atoms with E-state index in [-0.39, 0.29) is 5.82 Å². The van der Waals surface area contributed by atoms with Crippen molar-refractivity contribution in [2.45, 2.75) is 13.1 Å². The molecule has 2 aromatic rings. The summed E-state index contributed by atoms with van der Waals surface area (Å²) in [6.45, 7) is 1.86. The van der Waals surface area contributed by atoms with Crippen molar-refractivity contribution in [1.82, 2.24) is 5.32 Å². The van der Waals surface area contributed by atoms with Gasteiger partial charge in [-0.3, -0.25) is 0 Å². The first-order chi connectivity index (χ1) is 7.83. The lowest BCUT2D eigenvalue weighted by molar-refractivity contribution is 0.628. The Balaban J connectivity index is 2.07. The van der Waals surface area contributed by atoms with Crippen molar-refractivity contribution in [2.24, 2.45) is 0 Å². The first-order valence-corrected chi connectivity index (χ1v) is 5.41. The average Bonchev–Trinajstić information content (AvgIpc) is 2.75. The zero-order valence-corrected chi connectivity index (χ0v) is 8.83. The molecule has 0 fully saturated rings. The van der Waals surface area contributed by atoms with Crippen LogP contribution in [-0.2, 0) is 13.1 Å². The number of hydrogen-bond acceptors (Lipinski definition) is 1. The summed E-state index contributed by atoms with van der Waals surface area (Å²) in [6, 6.07) is 13.0. The molecule has 0 bridgehead atoms. The third-order valence-electron chi connectivity index (χ3n) is 3.00. The van der Waals surface area contributed by atoms with E-state index in [1.807, 2.05) is 6.07 Å². The maximum absolute atomic E-state index is 13.1. The van der Waals surface area contributed by atoms with Crippen LogP contribution < -0.4 is 5.32 Å². The van der Waals surface area contributed by atoms with Gasteiger partial charge in [0.2, 0.25) is 0 Å². The third kappa shape index (κ3) is 1.61. The number of nitrogens with one attached hydrogen (secondary N) is 1. The smallest absolute Gasteiger partial charge is 0.123 e. The zero-order chi connectivity index (χ0) is 11.0. The molecule has 80 valence electrons. The Bertz CT molecular complexity index is 534. The fourth-order valence-corrected chi connectivity index (χ4v) is 2.14. The van der Waals surface area contributed by atoms with Crippen molar-refractivity contribution in [3.8, 4) is 11.1 Å². The number of fused-ring (bicyclic) bond motifs is 1. The van der Waals surface area contributed by atoms with Crippen molar-refractivity contribution in [1.29, 1.82) is 0 Å². The van der Waals surface area contributed by atoms with E-state index < -0.39 is 0 Å². The second-order valence-electron chi connectivity index (χ2n) is 4.10. The number of benzene rings is 2. The molecule has 0 unspecified atom stereocenters. The van der Waals surface area contributed by atoms with Crippen LogP contribution in [-0.4, -0.2) is 0 Å². The normalized spacial score (nSPS) is 13.8. The van der Waals surface area contributed by atoms with E-state index in [0.29, 0.717) is 0 Å². The highest BCUT2D eigenvalue weighted by Gasteiger charge is 2.10. The zero-order valence-electron chi connectivity index (χ0n) is 8.83. The van der Waals surface area contributed by atoms with Crippen molar-refractivity contribution in [3.63, 3.8) is 0 Å². The Kier molecular flexibility index (Phi) is 2.22. The maximum atomic E-state index is 13.1. The van der Waals surface area contributed by atoms with E-state index in [1.54, 1.807) is 12.1 Å². The molecular formula is C14H12FN. The summed E-state index contributed by atoms with van der Waals surface area (Å²) in [4.78, 5) is 0. The van der Waals surface area contributed by atoms with Gasteiger partial charge in [0, 0.05) is 13.1 Å². The van der Waals surface area contributed by atoms with Crippen LogP contribution in [0, 0.1) is 5.82 Å². The molecule has 0 amide bonds. The molecule has 1 N–H and O–H groups in total. The fraction of sp³-hybridized carbons (Fsp3) is 0.143. The van der Waals surface area contributed by atoms with Crippen molar-refractivity contribution < 1.29 is 4.39 Å². The van der Waals surface area contributed by atoms with Crippen LogP contribution in [0.5, 0.6) is 0 Å². The van der Waals surface area contributed by atoms with Crippen LogP contribution in [0.4, 0.5) is 4.39 Å². The topological polar surface area (TPSA) is 12.0 Å². The fourth-order valence-electron chi connectivity index (χ4n) is 2.14. The molecule has 2 heteroatoms. The van der Waals surface area contributed by atoms with Gasteiger partial charge in [-0.1, -0.05) is 24.3 Å². The van der Waals surface area contributed by atoms with Gasteiger partial charge in [-0.15, -0.1) is 0 Å². The highest BCUT2D eigenvalue weighted by Crippen LogP contribution is 2.25. The summed E-state index contributed by atoms with van der Waals surface area (Å²) in [5.41, 5.74) is 4.69. The Morgan fingerprint density at radius 1 is 0.875 bits per heavy atom. The van der Waals surface area contributed by atoms with Gasteiger partial charge in [0.1, 0.15) is 5.82 Å². The first kappa shape index (κ1) is 9.55. The molecule has 0 saturated carbocycles. The summed E-state index contributed by atoms with van der Waals surface area (Å²) < 4.78 is 13.1. The van der Waals surface area contributed by atoms with Gasteiger partial charge in [0.15, 0.2) is 0 Å².